The van der Waals surface area contributed by atoms with Crippen molar-refractivity contribution in [2.45, 2.75) is 19.8 Å². The first-order valence-electron chi connectivity index (χ1n) is 3.30. The van der Waals surface area contributed by atoms with E-state index in [1.54, 1.807) is 0 Å². The van der Waals surface area contributed by atoms with Gasteiger partial charge in [-0.2, -0.15) is 0 Å². The summed E-state index contributed by atoms with van der Waals surface area (Å²) < 4.78 is 0. The van der Waals surface area contributed by atoms with Crippen LogP contribution in [0.15, 0.2) is 12.2 Å². The third-order valence-corrected chi connectivity index (χ3v) is 0.940. The van der Waals surface area contributed by atoms with E-state index < -0.39 is 0 Å². The molecule has 0 N–H and O–H groups in total. The van der Waals surface area contributed by atoms with Gasteiger partial charge in [0.1, 0.15) is 0 Å². The van der Waals surface area contributed by atoms with Crippen LogP contribution in [0.25, 0.3) is 0 Å². The molecule has 0 spiro atoms. The topological polar surface area (TPSA) is 17.1 Å². The molecule has 0 atom stereocenters. The number of carbonyl (C=O) groups excluding carboxylic acids is 1. The predicted octanol–water partition coefficient (Wildman–Crippen LogP) is 1.55. The molecule has 0 bridgehead atoms. The zero-order valence-electron chi connectivity index (χ0n) is 6.61. The van der Waals surface area contributed by atoms with E-state index in [0.717, 1.165) is 5.57 Å². The molecule has 0 saturated heterocycles. The van der Waals surface area contributed by atoms with Crippen molar-refractivity contribution in [3.8, 4) is 24.2 Å². The summed E-state index contributed by atoms with van der Waals surface area (Å²) in [6.07, 6.45) is 5.72. The van der Waals surface area contributed by atoms with Gasteiger partial charge in [0, 0.05) is 12.8 Å². The highest BCUT2D eigenvalue weighted by Crippen LogP contribution is 1.88. The summed E-state index contributed by atoms with van der Waals surface area (Å²) in [5.74, 6) is 7.37. The van der Waals surface area contributed by atoms with Crippen LogP contribution in [0.1, 0.15) is 19.8 Å². The van der Waals surface area contributed by atoms with Gasteiger partial charge in [0.25, 0.3) is 0 Å². The molecule has 11 heavy (non-hydrogen) atoms. The molecule has 0 radical (unpaired) electrons. The van der Waals surface area contributed by atoms with Gasteiger partial charge in [0.2, 0.25) is 5.78 Å². The summed E-state index contributed by atoms with van der Waals surface area (Å²) in [5, 5.41) is 0. The van der Waals surface area contributed by atoms with Gasteiger partial charge in [-0.25, -0.2) is 0 Å². The largest absolute Gasteiger partial charge is 0.285 e. The number of hydrogen-bond donors (Lipinski definition) is 0. The van der Waals surface area contributed by atoms with Gasteiger partial charge < -0.3 is 0 Å². The number of hydrogen-bond acceptors (Lipinski definition) is 1. The van der Waals surface area contributed by atoms with Crippen molar-refractivity contribution in [3.63, 3.8) is 0 Å². The fourth-order valence-corrected chi connectivity index (χ4v) is 0.462. The second-order valence-corrected chi connectivity index (χ2v) is 2.15. The van der Waals surface area contributed by atoms with Gasteiger partial charge >= 0.3 is 0 Å². The van der Waals surface area contributed by atoms with Crippen LogP contribution >= 0.6 is 0 Å². The van der Waals surface area contributed by atoms with Crippen LogP contribution in [0.3, 0.4) is 0 Å². The van der Waals surface area contributed by atoms with Gasteiger partial charge in [-0.15, -0.1) is 6.42 Å². The van der Waals surface area contributed by atoms with Crippen LogP contribution in [0.2, 0.25) is 0 Å². The van der Waals surface area contributed by atoms with Gasteiger partial charge in [-0.1, -0.05) is 18.4 Å². The van der Waals surface area contributed by atoms with Crippen LogP contribution < -0.4 is 0 Å². The van der Waals surface area contributed by atoms with Gasteiger partial charge in [0.15, 0.2) is 0 Å². The van der Waals surface area contributed by atoms with Crippen molar-refractivity contribution >= 4 is 5.78 Å². The molecule has 0 aromatic heterocycles. The molecule has 0 unspecified atom stereocenters. The molecule has 0 fully saturated rings. The highest BCUT2D eigenvalue weighted by atomic mass is 16.1. The van der Waals surface area contributed by atoms with E-state index in [1.165, 1.54) is 0 Å². The van der Waals surface area contributed by atoms with Crippen molar-refractivity contribution in [1.82, 2.24) is 0 Å². The lowest BCUT2D eigenvalue weighted by molar-refractivity contribution is -0.113. The maximum atomic E-state index is 10.5. The second-order valence-electron chi connectivity index (χ2n) is 2.15. The number of ketones is 1. The molecular weight excluding hydrogens is 136 g/mol. The van der Waals surface area contributed by atoms with Crippen molar-refractivity contribution in [2.75, 3.05) is 0 Å². The number of terminal acetylenes is 1. The third-order valence-electron chi connectivity index (χ3n) is 0.940. The summed E-state index contributed by atoms with van der Waals surface area (Å²) in [6.45, 7) is 5.41. The summed E-state index contributed by atoms with van der Waals surface area (Å²) in [7, 11) is 0. The smallest absolute Gasteiger partial charge is 0.206 e. The Bertz CT molecular complexity index is 255. The molecule has 0 rings (SSSR count). The zero-order valence-corrected chi connectivity index (χ0v) is 6.61. The minimum atomic E-state index is -0.194. The molecule has 0 amide bonds. The average molecular weight is 146 g/mol. The van der Waals surface area contributed by atoms with Gasteiger partial charge in [-0.3, -0.25) is 4.79 Å². The number of carbonyl (C=O) groups is 1. The lowest BCUT2D eigenvalue weighted by Crippen LogP contribution is -1.89. The third kappa shape index (κ3) is 6.41. The fourth-order valence-electron chi connectivity index (χ4n) is 0.462. The second kappa shape index (κ2) is 5.33. The highest BCUT2D eigenvalue weighted by molar-refractivity contribution is 5.94. The zero-order chi connectivity index (χ0) is 8.69. The maximum absolute atomic E-state index is 10.5. The molecule has 0 aliphatic rings. The minimum absolute atomic E-state index is 0.194. The van der Waals surface area contributed by atoms with Crippen molar-refractivity contribution in [2.24, 2.45) is 0 Å². The van der Waals surface area contributed by atoms with E-state index in [9.17, 15) is 4.79 Å². The Morgan fingerprint density at radius 3 is 2.73 bits per heavy atom. The first-order valence-corrected chi connectivity index (χ1v) is 3.30. The first-order chi connectivity index (χ1) is 5.16. The van der Waals surface area contributed by atoms with E-state index in [4.69, 9.17) is 6.42 Å². The molecule has 0 saturated carbocycles. The van der Waals surface area contributed by atoms with Gasteiger partial charge in [-0.05, 0) is 18.4 Å². The number of Topliss-reactive ketones (excluding diaryl/α,β-unsaturated/α-hetero) is 1. The lowest BCUT2D eigenvalue weighted by atomic mass is 10.2. The van der Waals surface area contributed by atoms with Crippen LogP contribution in [-0.4, -0.2) is 5.78 Å². The van der Waals surface area contributed by atoms with Crippen molar-refractivity contribution in [3.05, 3.63) is 12.2 Å². The van der Waals surface area contributed by atoms with Crippen LogP contribution in [0, 0.1) is 24.2 Å². The molecule has 0 heterocycles. The average Bonchev–Trinajstić information content (AvgIpc) is 1.97. The quantitative estimate of drug-likeness (QED) is 0.426. The Labute approximate surface area is 67.5 Å². The van der Waals surface area contributed by atoms with E-state index >= 15 is 0 Å². The molecule has 56 valence electrons. The van der Waals surface area contributed by atoms with Crippen molar-refractivity contribution in [1.29, 1.82) is 0 Å². The fraction of sp³-hybridized carbons (Fsp3) is 0.300. The number of allylic oxidation sites excluding steroid dienone is 1. The highest BCUT2D eigenvalue weighted by Gasteiger charge is 1.91. The summed E-state index contributed by atoms with van der Waals surface area (Å²) in [4.78, 5) is 10.5. The Kier molecular flexibility index (Phi) is 4.61. The SMILES string of the molecule is C#CC(=O)CCC#CC(=C)C. The van der Waals surface area contributed by atoms with Crippen molar-refractivity contribution < 1.29 is 4.79 Å². The standard InChI is InChI=1S/C10H10O/c1-4-10(11)8-6-5-7-9(2)3/h1H,2,6,8H2,3H3. The Morgan fingerprint density at radius 2 is 2.27 bits per heavy atom. The Hall–Kier alpha value is -1.47. The van der Waals surface area contributed by atoms with Crippen LogP contribution in [-0.2, 0) is 4.79 Å². The van der Waals surface area contributed by atoms with E-state index in [-0.39, 0.29) is 5.78 Å². The predicted molar refractivity (Wildman–Crippen MR) is 45.7 cm³/mol. The maximum Gasteiger partial charge on any atom is 0.206 e. The molecule has 0 aliphatic carbocycles. The lowest BCUT2D eigenvalue weighted by Gasteiger charge is -1.83. The first kappa shape index (κ1) is 9.53. The molecule has 0 aliphatic heterocycles. The monoisotopic (exact) mass is 146 g/mol. The Balaban J connectivity index is 3.62. The molecule has 0 aromatic rings. The molecule has 1 heteroatoms. The molecular formula is C10H10O. The molecule has 1 nitrogen and oxygen atoms in total. The van der Waals surface area contributed by atoms with E-state index in [1.807, 2.05) is 12.8 Å². The van der Waals surface area contributed by atoms with Crippen LogP contribution in [0.5, 0.6) is 0 Å². The van der Waals surface area contributed by atoms with Crippen LogP contribution in [0.4, 0.5) is 0 Å². The number of rotatable bonds is 2. The summed E-state index contributed by atoms with van der Waals surface area (Å²) in [5.41, 5.74) is 0.804. The van der Waals surface area contributed by atoms with E-state index in [2.05, 4.69) is 18.4 Å². The Morgan fingerprint density at radius 1 is 1.64 bits per heavy atom. The van der Waals surface area contributed by atoms with E-state index in [0.29, 0.717) is 12.8 Å². The normalized spacial score (nSPS) is 7.27. The molecule has 0 aromatic carbocycles. The minimum Gasteiger partial charge on any atom is -0.285 e. The summed E-state index contributed by atoms with van der Waals surface area (Å²) in [6, 6.07) is 0. The van der Waals surface area contributed by atoms with Gasteiger partial charge in [0.05, 0.1) is 0 Å². The summed E-state index contributed by atoms with van der Waals surface area (Å²) >= 11 is 0.